The topological polar surface area (TPSA) is 80.1 Å². The quantitative estimate of drug-likeness (QED) is 0.282. The van der Waals surface area contributed by atoms with E-state index in [0.717, 1.165) is 40.8 Å². The zero-order valence-electron chi connectivity index (χ0n) is 19.4. The molecule has 36 heavy (non-hydrogen) atoms. The van der Waals surface area contributed by atoms with Crippen LogP contribution in [0.1, 0.15) is 29.4 Å². The van der Waals surface area contributed by atoms with Crippen LogP contribution in [0.3, 0.4) is 0 Å². The maximum absolute atomic E-state index is 14.7. The van der Waals surface area contributed by atoms with Crippen molar-refractivity contribution >= 4 is 23.4 Å². The number of hydrogen-bond acceptors (Lipinski definition) is 4. The fraction of sp³-hybridized carbons (Fsp3) is 0.192. The Balaban J connectivity index is 1.46. The van der Waals surface area contributed by atoms with Crippen molar-refractivity contribution in [1.29, 1.82) is 0 Å². The van der Waals surface area contributed by atoms with Gasteiger partial charge in [-0.05, 0) is 48.7 Å². The third-order valence-electron chi connectivity index (χ3n) is 6.27. The Morgan fingerprint density at radius 3 is 2.67 bits per heavy atom. The molecule has 1 atom stereocenters. The monoisotopic (exact) mass is 511 g/mol. The number of halogens is 3. The first kappa shape index (κ1) is 23.7. The SMILES string of the molecule is COC(=O)Nc1ccc(-c2cnc(C3CCc4cc(-c5c(F)ccc(Cl)c5F)c[n+](OC)c43)[nH]2)cc1. The van der Waals surface area contributed by atoms with Crippen LogP contribution in [0, 0.1) is 11.6 Å². The summed E-state index contributed by atoms with van der Waals surface area (Å²) in [4.78, 5) is 24.9. The third-order valence-corrected chi connectivity index (χ3v) is 6.56. The lowest BCUT2D eigenvalue weighted by molar-refractivity contribution is -0.890. The fourth-order valence-corrected chi connectivity index (χ4v) is 4.72. The second kappa shape index (κ2) is 9.58. The lowest BCUT2D eigenvalue weighted by atomic mass is 10.0. The number of imidazole rings is 1. The summed E-state index contributed by atoms with van der Waals surface area (Å²) in [7, 11) is 2.81. The number of aromatic amines is 1. The number of anilines is 1. The first-order valence-corrected chi connectivity index (χ1v) is 11.5. The number of aromatic nitrogens is 3. The van der Waals surface area contributed by atoms with Gasteiger partial charge in [0.25, 0.3) is 0 Å². The third kappa shape index (κ3) is 4.26. The highest BCUT2D eigenvalue weighted by atomic mass is 35.5. The Morgan fingerprint density at radius 2 is 1.94 bits per heavy atom. The average Bonchev–Trinajstić information content (AvgIpc) is 3.54. The number of aryl methyl sites for hydroxylation is 1. The van der Waals surface area contributed by atoms with E-state index in [2.05, 4.69) is 20.0 Å². The number of methoxy groups -OCH3 is 1. The summed E-state index contributed by atoms with van der Waals surface area (Å²) >= 11 is 5.90. The van der Waals surface area contributed by atoms with Crippen molar-refractivity contribution < 1.29 is 27.9 Å². The summed E-state index contributed by atoms with van der Waals surface area (Å²) in [6, 6.07) is 11.4. The average molecular weight is 512 g/mol. The molecule has 0 aliphatic heterocycles. The van der Waals surface area contributed by atoms with Gasteiger partial charge in [-0.3, -0.25) is 10.2 Å². The van der Waals surface area contributed by atoms with Crippen LogP contribution >= 0.6 is 11.6 Å². The van der Waals surface area contributed by atoms with Crippen molar-refractivity contribution in [3.05, 3.63) is 88.6 Å². The standard InChI is InChI=1S/C26H21ClF2N4O3/c1-35-26(34)31-17-6-3-14(4-7-17)21-12-30-25(32-21)18-8-5-15-11-16(13-33(36-2)24(15)18)22-20(28)10-9-19(27)23(22)29/h3-4,6-7,9-13,18H,5,8H2,1-2H3,(H-,30,31,32,34)/p+1. The van der Waals surface area contributed by atoms with Crippen molar-refractivity contribution in [2.45, 2.75) is 18.8 Å². The number of benzene rings is 2. The molecule has 0 radical (unpaired) electrons. The smallest absolute Gasteiger partial charge is 0.411 e. The number of ether oxygens (including phenoxy) is 1. The summed E-state index contributed by atoms with van der Waals surface area (Å²) in [5, 5.41) is 2.47. The first-order chi connectivity index (χ1) is 17.4. The van der Waals surface area contributed by atoms with Gasteiger partial charge in [0.15, 0.2) is 5.82 Å². The molecular weight excluding hydrogens is 490 g/mol. The zero-order valence-corrected chi connectivity index (χ0v) is 20.2. The molecule has 2 aromatic heterocycles. The van der Waals surface area contributed by atoms with Gasteiger partial charge < -0.3 is 9.72 Å². The first-order valence-electron chi connectivity index (χ1n) is 11.2. The number of hydrogen-bond donors (Lipinski definition) is 2. The largest absolute Gasteiger partial charge is 0.453 e. The Bertz CT molecular complexity index is 1460. The summed E-state index contributed by atoms with van der Waals surface area (Å²) in [5.41, 5.74) is 4.24. The Hall–Kier alpha value is -3.98. The highest BCUT2D eigenvalue weighted by Crippen LogP contribution is 2.38. The van der Waals surface area contributed by atoms with Gasteiger partial charge in [-0.1, -0.05) is 23.7 Å². The molecule has 2 heterocycles. The molecule has 0 bridgehead atoms. The highest BCUT2D eigenvalue weighted by Gasteiger charge is 2.38. The Morgan fingerprint density at radius 1 is 1.17 bits per heavy atom. The molecule has 0 saturated carbocycles. The number of rotatable bonds is 5. The van der Waals surface area contributed by atoms with E-state index in [9.17, 15) is 13.6 Å². The van der Waals surface area contributed by atoms with E-state index >= 15 is 0 Å². The predicted molar refractivity (Wildman–Crippen MR) is 130 cm³/mol. The van der Waals surface area contributed by atoms with E-state index in [1.165, 1.54) is 25.0 Å². The van der Waals surface area contributed by atoms with Gasteiger partial charge in [0.05, 0.1) is 35.2 Å². The second-order valence-electron chi connectivity index (χ2n) is 8.33. The molecule has 1 amide bonds. The van der Waals surface area contributed by atoms with Gasteiger partial charge in [-0.25, -0.2) is 18.6 Å². The van der Waals surface area contributed by atoms with Gasteiger partial charge >= 0.3 is 6.09 Å². The van der Waals surface area contributed by atoms with E-state index in [1.54, 1.807) is 30.6 Å². The Labute approximate surface area is 210 Å². The minimum atomic E-state index is -0.808. The van der Waals surface area contributed by atoms with Crippen molar-refractivity contribution in [2.75, 3.05) is 19.5 Å². The van der Waals surface area contributed by atoms with Gasteiger partial charge in [-0.15, -0.1) is 0 Å². The molecule has 184 valence electrons. The lowest BCUT2D eigenvalue weighted by Gasteiger charge is -2.10. The molecule has 1 aliphatic carbocycles. The summed E-state index contributed by atoms with van der Waals surface area (Å²) in [6.45, 7) is 0. The number of pyridine rings is 1. The highest BCUT2D eigenvalue weighted by molar-refractivity contribution is 6.31. The van der Waals surface area contributed by atoms with Crippen LogP contribution in [0.25, 0.3) is 22.4 Å². The van der Waals surface area contributed by atoms with Crippen molar-refractivity contribution in [2.24, 2.45) is 0 Å². The minimum absolute atomic E-state index is 0.0999. The van der Waals surface area contributed by atoms with E-state index < -0.39 is 17.7 Å². The lowest BCUT2D eigenvalue weighted by Crippen LogP contribution is -2.45. The molecule has 1 aliphatic rings. The van der Waals surface area contributed by atoms with Gasteiger partial charge in [0.1, 0.15) is 24.7 Å². The minimum Gasteiger partial charge on any atom is -0.453 e. The molecule has 2 aromatic carbocycles. The number of H-pyrrole nitrogens is 1. The van der Waals surface area contributed by atoms with E-state index in [0.29, 0.717) is 17.7 Å². The van der Waals surface area contributed by atoms with Gasteiger partial charge in [-0.2, -0.15) is 0 Å². The molecular formula is C26H22ClF2N4O3+. The number of fused-ring (bicyclic) bond motifs is 1. The Kier molecular flexibility index (Phi) is 6.32. The number of carbonyl (C=O) groups is 1. The van der Waals surface area contributed by atoms with Crippen molar-refractivity contribution in [3.8, 4) is 22.4 Å². The molecule has 2 N–H and O–H groups in total. The van der Waals surface area contributed by atoms with Gasteiger partial charge in [0.2, 0.25) is 11.9 Å². The molecule has 0 saturated heterocycles. The van der Waals surface area contributed by atoms with Crippen molar-refractivity contribution in [3.63, 3.8) is 0 Å². The van der Waals surface area contributed by atoms with Crippen LogP contribution in [-0.2, 0) is 11.2 Å². The zero-order chi connectivity index (χ0) is 25.4. The van der Waals surface area contributed by atoms with E-state index in [4.69, 9.17) is 16.4 Å². The molecule has 0 spiro atoms. The van der Waals surface area contributed by atoms with E-state index in [1.807, 2.05) is 12.1 Å². The number of nitrogens with zero attached hydrogens (tertiary/aromatic N) is 2. The maximum atomic E-state index is 14.7. The molecule has 4 aromatic rings. The fourth-order valence-electron chi connectivity index (χ4n) is 4.56. The maximum Gasteiger partial charge on any atom is 0.411 e. The molecule has 10 heteroatoms. The van der Waals surface area contributed by atoms with Gasteiger partial charge in [0, 0.05) is 16.0 Å². The van der Waals surface area contributed by atoms with Crippen LogP contribution in [0.5, 0.6) is 0 Å². The van der Waals surface area contributed by atoms with Crippen LogP contribution in [0.4, 0.5) is 19.3 Å². The number of amides is 1. The number of nitrogens with one attached hydrogen (secondary N) is 2. The number of carbonyl (C=O) groups excluding carboxylic acids is 1. The summed E-state index contributed by atoms with van der Waals surface area (Å²) in [6.07, 6.45) is 4.20. The summed E-state index contributed by atoms with van der Waals surface area (Å²) < 4.78 is 35.4. The van der Waals surface area contributed by atoms with Crippen LogP contribution in [-0.4, -0.2) is 30.3 Å². The van der Waals surface area contributed by atoms with Crippen LogP contribution < -0.4 is 14.9 Å². The summed E-state index contributed by atoms with van der Waals surface area (Å²) in [5.74, 6) is -0.855. The molecule has 1 unspecified atom stereocenters. The molecule has 7 nitrogen and oxygen atoms in total. The molecule has 5 rings (SSSR count). The van der Waals surface area contributed by atoms with Crippen LogP contribution in [0.15, 0.2) is 54.9 Å². The second-order valence-corrected chi connectivity index (χ2v) is 8.74. The normalized spacial score (nSPS) is 14.4. The van der Waals surface area contributed by atoms with Crippen molar-refractivity contribution in [1.82, 2.24) is 9.97 Å². The molecule has 0 fully saturated rings. The van der Waals surface area contributed by atoms with Crippen LogP contribution in [0.2, 0.25) is 5.02 Å². The van der Waals surface area contributed by atoms with E-state index in [-0.39, 0.29) is 16.5 Å². The predicted octanol–water partition coefficient (Wildman–Crippen LogP) is 5.28.